The van der Waals surface area contributed by atoms with E-state index in [4.69, 9.17) is 16.3 Å². The average molecular weight is 543 g/mol. The summed E-state index contributed by atoms with van der Waals surface area (Å²) in [5, 5.41) is 4.17. The number of aromatic nitrogens is 2. The third-order valence-electron chi connectivity index (χ3n) is 5.15. The summed E-state index contributed by atoms with van der Waals surface area (Å²) in [5.41, 5.74) is 1.41. The maximum atomic E-state index is 13.5. The lowest BCUT2D eigenvalue weighted by Gasteiger charge is -2.16. The minimum absolute atomic E-state index is 0.0231. The molecule has 2 N–H and O–H groups in total. The zero-order valence-corrected chi connectivity index (χ0v) is 21.6. The van der Waals surface area contributed by atoms with Crippen LogP contribution in [-0.4, -0.2) is 41.7 Å². The van der Waals surface area contributed by atoms with Gasteiger partial charge in [-0.15, -0.1) is 0 Å². The number of nitrogens with zero attached hydrogens (tertiary/aromatic N) is 2. The first-order valence-electron chi connectivity index (χ1n) is 10.8. The molecule has 0 radical (unpaired) electrons. The van der Waals surface area contributed by atoms with Crippen molar-refractivity contribution in [3.05, 3.63) is 47.5 Å². The molecule has 4 rings (SSSR count). The lowest BCUT2D eigenvalue weighted by atomic mass is 10.2. The number of benzene rings is 2. The molecule has 1 unspecified atom stereocenters. The van der Waals surface area contributed by atoms with Crippen LogP contribution in [0.3, 0.4) is 0 Å². The first kappa shape index (κ1) is 25.2. The van der Waals surface area contributed by atoms with Gasteiger partial charge >= 0.3 is 0 Å². The van der Waals surface area contributed by atoms with Gasteiger partial charge in [0.25, 0.3) is 0 Å². The molecular weight excluding hydrogens is 519 g/mol. The molecule has 1 aliphatic rings. The molecule has 2 heterocycles. The lowest BCUT2D eigenvalue weighted by Crippen LogP contribution is -2.18. The van der Waals surface area contributed by atoms with E-state index < -0.39 is 15.8 Å². The van der Waals surface area contributed by atoms with Crippen molar-refractivity contribution in [2.45, 2.75) is 31.4 Å². The van der Waals surface area contributed by atoms with Gasteiger partial charge in [-0.3, -0.25) is 4.72 Å². The van der Waals surface area contributed by atoms with E-state index in [9.17, 15) is 12.8 Å². The fourth-order valence-corrected chi connectivity index (χ4v) is 7.88. The van der Waals surface area contributed by atoms with Crippen LogP contribution in [-0.2, 0) is 10.0 Å². The van der Waals surface area contributed by atoms with Gasteiger partial charge < -0.3 is 10.1 Å². The van der Waals surface area contributed by atoms with E-state index in [0.29, 0.717) is 52.1 Å². The third kappa shape index (κ3) is 6.38. The van der Waals surface area contributed by atoms with Crippen molar-refractivity contribution in [3.63, 3.8) is 0 Å². The number of halogens is 2. The molecule has 12 heteroatoms. The van der Waals surface area contributed by atoms with Crippen LogP contribution in [0.5, 0.6) is 5.75 Å². The minimum Gasteiger partial charge on any atom is -0.492 e. The van der Waals surface area contributed by atoms with E-state index in [1.807, 2.05) is 28.5 Å². The predicted octanol–water partition coefficient (Wildman–Crippen LogP) is 6.24. The van der Waals surface area contributed by atoms with Gasteiger partial charge in [0.15, 0.2) is 0 Å². The fourth-order valence-electron chi connectivity index (χ4n) is 3.53. The number of sulfonamides is 1. The Hall–Kier alpha value is -1.95. The normalized spacial score (nSPS) is 16.0. The van der Waals surface area contributed by atoms with Crippen molar-refractivity contribution in [2.24, 2.45) is 0 Å². The van der Waals surface area contributed by atoms with Crippen LogP contribution in [0.2, 0.25) is 5.02 Å². The van der Waals surface area contributed by atoms with Gasteiger partial charge in [-0.25, -0.2) is 22.8 Å². The van der Waals surface area contributed by atoms with Gasteiger partial charge in [0, 0.05) is 28.1 Å². The molecule has 1 aliphatic heterocycles. The molecule has 0 aliphatic carbocycles. The summed E-state index contributed by atoms with van der Waals surface area (Å²) in [7, 11) is 0.104. The SMILES string of the molecule is CCOc1cc2ncnc(Nc3ccc(F)c(Cl)c3)c2cc1NS(=O)(=O)CCCC1CCSS1. The molecule has 0 spiro atoms. The molecule has 0 bridgehead atoms. The smallest absolute Gasteiger partial charge is 0.232 e. The topological polar surface area (TPSA) is 93.2 Å². The van der Waals surface area contributed by atoms with Crippen LogP contribution in [0, 0.1) is 5.82 Å². The Labute approximate surface area is 211 Å². The number of hydrogen-bond acceptors (Lipinski definition) is 8. The Morgan fingerprint density at radius 3 is 2.85 bits per heavy atom. The highest BCUT2D eigenvalue weighted by molar-refractivity contribution is 8.77. The van der Waals surface area contributed by atoms with Crippen LogP contribution >= 0.6 is 33.2 Å². The summed E-state index contributed by atoms with van der Waals surface area (Å²) in [4.78, 5) is 8.57. The van der Waals surface area contributed by atoms with Crippen LogP contribution in [0.1, 0.15) is 26.2 Å². The van der Waals surface area contributed by atoms with Gasteiger partial charge in [0.05, 0.1) is 28.6 Å². The summed E-state index contributed by atoms with van der Waals surface area (Å²) < 4.78 is 47.6. The first-order valence-corrected chi connectivity index (χ1v) is 15.2. The Balaban J connectivity index is 1.59. The molecule has 2 aromatic carbocycles. The zero-order valence-electron chi connectivity index (χ0n) is 18.4. The third-order valence-corrected chi connectivity index (χ3v) is 9.80. The molecule has 0 amide bonds. The van der Waals surface area contributed by atoms with E-state index in [0.717, 1.165) is 18.6 Å². The Kier molecular flexibility index (Phi) is 8.28. The van der Waals surface area contributed by atoms with Crippen molar-refractivity contribution >= 4 is 71.3 Å². The molecule has 1 atom stereocenters. The highest BCUT2D eigenvalue weighted by atomic mass is 35.5. The van der Waals surface area contributed by atoms with Gasteiger partial charge in [-0.2, -0.15) is 0 Å². The molecule has 3 aromatic rings. The van der Waals surface area contributed by atoms with Gasteiger partial charge in [0.2, 0.25) is 10.0 Å². The van der Waals surface area contributed by atoms with E-state index in [2.05, 4.69) is 20.0 Å². The first-order chi connectivity index (χ1) is 16.3. The van der Waals surface area contributed by atoms with Crippen molar-refractivity contribution in [1.29, 1.82) is 0 Å². The zero-order chi connectivity index (χ0) is 24.1. The standard InChI is InChI=1S/C22H24ClFN4O3S3/c1-2-31-21-12-19-16(22(26-13-25-19)27-14-5-6-18(24)17(23)10-14)11-20(21)28-34(29,30)9-3-4-15-7-8-32-33-15/h5-6,10-13,15,28H,2-4,7-9H2,1H3,(H,25,26,27). The van der Waals surface area contributed by atoms with Crippen LogP contribution < -0.4 is 14.8 Å². The summed E-state index contributed by atoms with van der Waals surface area (Å²) in [6.45, 7) is 2.19. The van der Waals surface area contributed by atoms with Crippen LogP contribution in [0.15, 0.2) is 36.7 Å². The molecule has 7 nitrogen and oxygen atoms in total. The highest BCUT2D eigenvalue weighted by Crippen LogP contribution is 2.40. The molecule has 182 valence electrons. The maximum absolute atomic E-state index is 13.5. The van der Waals surface area contributed by atoms with E-state index >= 15 is 0 Å². The Bertz CT molecular complexity index is 1270. The summed E-state index contributed by atoms with van der Waals surface area (Å²) in [6, 6.07) is 7.56. The van der Waals surface area contributed by atoms with Gasteiger partial charge in [0.1, 0.15) is 23.7 Å². The van der Waals surface area contributed by atoms with Crippen molar-refractivity contribution in [3.8, 4) is 5.75 Å². The van der Waals surface area contributed by atoms with E-state index in [1.165, 1.54) is 24.5 Å². The molecular formula is C22H24ClFN4O3S3. The number of rotatable bonds is 10. The molecule has 0 saturated carbocycles. The minimum atomic E-state index is -3.58. The highest BCUT2D eigenvalue weighted by Gasteiger charge is 2.20. The van der Waals surface area contributed by atoms with E-state index in [1.54, 1.807) is 12.1 Å². The number of nitrogens with one attached hydrogen (secondary N) is 2. The number of fused-ring (bicyclic) bond motifs is 1. The summed E-state index contributed by atoms with van der Waals surface area (Å²) >= 11 is 5.89. The summed E-state index contributed by atoms with van der Waals surface area (Å²) in [5.74, 6) is 1.44. The fraction of sp³-hybridized carbons (Fsp3) is 0.364. The molecule has 1 saturated heterocycles. The quantitative estimate of drug-likeness (QED) is 0.291. The Morgan fingerprint density at radius 2 is 2.12 bits per heavy atom. The second-order valence-corrected chi connectivity index (χ2v) is 12.7. The second kappa shape index (κ2) is 11.2. The monoisotopic (exact) mass is 542 g/mol. The number of ether oxygens (including phenoxy) is 1. The van der Waals surface area contributed by atoms with Gasteiger partial charge in [-0.1, -0.05) is 33.2 Å². The van der Waals surface area contributed by atoms with Crippen LogP contribution in [0.25, 0.3) is 10.9 Å². The van der Waals surface area contributed by atoms with Crippen molar-refractivity contribution < 1.29 is 17.5 Å². The van der Waals surface area contributed by atoms with E-state index in [-0.39, 0.29) is 10.8 Å². The lowest BCUT2D eigenvalue weighted by molar-refractivity contribution is 0.342. The largest absolute Gasteiger partial charge is 0.492 e. The summed E-state index contributed by atoms with van der Waals surface area (Å²) in [6.07, 6.45) is 3.97. The van der Waals surface area contributed by atoms with Gasteiger partial charge in [-0.05, 0) is 50.5 Å². The predicted molar refractivity (Wildman–Crippen MR) is 140 cm³/mol. The van der Waals surface area contributed by atoms with Crippen LogP contribution in [0.4, 0.5) is 21.6 Å². The maximum Gasteiger partial charge on any atom is 0.232 e. The van der Waals surface area contributed by atoms with Crippen molar-refractivity contribution in [2.75, 3.05) is 28.2 Å². The molecule has 1 fully saturated rings. The number of hydrogen-bond donors (Lipinski definition) is 2. The Morgan fingerprint density at radius 1 is 1.26 bits per heavy atom. The van der Waals surface area contributed by atoms with Crippen molar-refractivity contribution in [1.82, 2.24) is 9.97 Å². The molecule has 34 heavy (non-hydrogen) atoms. The second-order valence-electron chi connectivity index (χ2n) is 7.67. The average Bonchev–Trinajstić information content (AvgIpc) is 3.30. The number of anilines is 3. The molecule has 1 aromatic heterocycles.